The minimum absolute atomic E-state index is 0.278. The summed E-state index contributed by atoms with van der Waals surface area (Å²) in [5.74, 6) is -0.319. The van der Waals surface area contributed by atoms with E-state index in [0.717, 1.165) is 6.42 Å². The predicted molar refractivity (Wildman–Crippen MR) is 57.3 cm³/mol. The number of hydrogen-bond donors (Lipinski definition) is 2. The van der Waals surface area contributed by atoms with E-state index in [1.807, 2.05) is 0 Å². The van der Waals surface area contributed by atoms with E-state index in [-0.39, 0.29) is 5.56 Å². The fraction of sp³-hybridized carbons (Fsp3) is 0.364. The minimum Gasteiger partial charge on any atom is -0.493 e. The summed E-state index contributed by atoms with van der Waals surface area (Å²) in [6.45, 7) is 2.82. The van der Waals surface area contributed by atoms with E-state index in [1.54, 1.807) is 25.1 Å². The fourth-order valence-corrected chi connectivity index (χ4v) is 1.27. The first-order valence-corrected chi connectivity index (χ1v) is 4.82. The Morgan fingerprint density at radius 3 is 2.87 bits per heavy atom. The molecule has 0 saturated carbocycles. The number of carboxylic acids is 1. The third-order valence-corrected chi connectivity index (χ3v) is 2.12. The van der Waals surface area contributed by atoms with E-state index in [0.29, 0.717) is 24.5 Å². The highest BCUT2D eigenvalue weighted by Crippen LogP contribution is 2.21. The van der Waals surface area contributed by atoms with Crippen molar-refractivity contribution in [2.24, 2.45) is 5.73 Å². The Bertz CT molecular complexity index is 350. The summed E-state index contributed by atoms with van der Waals surface area (Å²) in [5, 5.41) is 8.89. The Hall–Kier alpha value is -1.55. The van der Waals surface area contributed by atoms with Gasteiger partial charge < -0.3 is 15.6 Å². The van der Waals surface area contributed by atoms with Crippen LogP contribution in [0, 0.1) is 6.92 Å². The summed E-state index contributed by atoms with van der Waals surface area (Å²) < 4.78 is 5.42. The Balaban J connectivity index is 2.80. The van der Waals surface area contributed by atoms with Crippen LogP contribution < -0.4 is 10.5 Å². The van der Waals surface area contributed by atoms with Crippen LogP contribution in [0.25, 0.3) is 0 Å². The van der Waals surface area contributed by atoms with Crippen molar-refractivity contribution in [3.05, 3.63) is 29.3 Å². The second-order valence-corrected chi connectivity index (χ2v) is 3.22. The van der Waals surface area contributed by atoms with Gasteiger partial charge in [-0.15, -0.1) is 0 Å². The quantitative estimate of drug-likeness (QED) is 0.719. The van der Waals surface area contributed by atoms with Gasteiger partial charge in [-0.05, 0) is 32.0 Å². The third-order valence-electron chi connectivity index (χ3n) is 2.12. The van der Waals surface area contributed by atoms with Gasteiger partial charge in [-0.25, -0.2) is 4.79 Å². The number of carbonyl (C=O) groups is 1. The molecule has 0 aromatic heterocycles. The van der Waals surface area contributed by atoms with Gasteiger partial charge in [0.15, 0.2) is 0 Å². The number of rotatable bonds is 5. The monoisotopic (exact) mass is 209 g/mol. The summed E-state index contributed by atoms with van der Waals surface area (Å²) in [7, 11) is 0. The molecule has 0 heterocycles. The second-order valence-electron chi connectivity index (χ2n) is 3.22. The average Bonchev–Trinajstić information content (AvgIpc) is 2.20. The van der Waals surface area contributed by atoms with Crippen molar-refractivity contribution in [3.8, 4) is 5.75 Å². The van der Waals surface area contributed by atoms with Crippen LogP contribution in [0.2, 0.25) is 0 Å². The topological polar surface area (TPSA) is 72.5 Å². The molecule has 0 saturated heterocycles. The zero-order chi connectivity index (χ0) is 11.3. The molecule has 0 spiro atoms. The molecule has 0 aliphatic heterocycles. The van der Waals surface area contributed by atoms with Crippen LogP contribution in [0.5, 0.6) is 5.75 Å². The number of ether oxygens (including phenoxy) is 1. The Labute approximate surface area is 88.7 Å². The molecule has 82 valence electrons. The molecule has 0 aliphatic carbocycles. The summed E-state index contributed by atoms with van der Waals surface area (Å²) in [6, 6.07) is 5.00. The molecule has 1 aromatic carbocycles. The molecular formula is C11H15NO3. The van der Waals surface area contributed by atoms with Gasteiger partial charge in [0.05, 0.1) is 12.2 Å². The molecule has 0 fully saturated rings. The van der Waals surface area contributed by atoms with E-state index >= 15 is 0 Å². The van der Waals surface area contributed by atoms with Crippen LogP contribution in [0.4, 0.5) is 0 Å². The van der Waals surface area contributed by atoms with Crippen LogP contribution in [-0.2, 0) is 0 Å². The van der Waals surface area contributed by atoms with Crippen LogP contribution in [0.3, 0.4) is 0 Å². The largest absolute Gasteiger partial charge is 0.493 e. The first kappa shape index (κ1) is 11.5. The van der Waals surface area contributed by atoms with Crippen LogP contribution in [0.15, 0.2) is 18.2 Å². The Morgan fingerprint density at radius 2 is 2.27 bits per heavy atom. The number of benzene rings is 1. The van der Waals surface area contributed by atoms with Crippen molar-refractivity contribution in [1.82, 2.24) is 0 Å². The van der Waals surface area contributed by atoms with E-state index in [1.165, 1.54) is 0 Å². The molecule has 1 rings (SSSR count). The minimum atomic E-state index is -0.934. The zero-order valence-corrected chi connectivity index (χ0v) is 8.69. The smallest absolute Gasteiger partial charge is 0.336 e. The van der Waals surface area contributed by atoms with E-state index < -0.39 is 5.97 Å². The molecule has 3 N–H and O–H groups in total. The second kappa shape index (κ2) is 5.36. The lowest BCUT2D eigenvalue weighted by Crippen LogP contribution is -2.08. The van der Waals surface area contributed by atoms with Crippen LogP contribution in [-0.4, -0.2) is 24.2 Å². The van der Waals surface area contributed by atoms with E-state index in [4.69, 9.17) is 15.6 Å². The molecule has 4 heteroatoms. The third kappa shape index (κ3) is 2.95. The van der Waals surface area contributed by atoms with Gasteiger partial charge in [0.25, 0.3) is 0 Å². The van der Waals surface area contributed by atoms with Crippen molar-refractivity contribution in [1.29, 1.82) is 0 Å². The molecule has 15 heavy (non-hydrogen) atoms. The van der Waals surface area contributed by atoms with Gasteiger partial charge in [-0.1, -0.05) is 6.07 Å². The Kier molecular flexibility index (Phi) is 4.12. The van der Waals surface area contributed by atoms with Crippen LogP contribution in [0.1, 0.15) is 22.3 Å². The molecule has 1 aromatic rings. The molecule has 0 aliphatic rings. The number of aromatic carboxylic acids is 1. The summed E-state index contributed by atoms with van der Waals surface area (Å²) in [5.41, 5.74) is 6.27. The molecule has 0 amide bonds. The van der Waals surface area contributed by atoms with Crippen molar-refractivity contribution < 1.29 is 14.6 Å². The van der Waals surface area contributed by atoms with Gasteiger partial charge >= 0.3 is 5.97 Å². The van der Waals surface area contributed by atoms with Gasteiger partial charge in [-0.3, -0.25) is 0 Å². The predicted octanol–water partition coefficient (Wildman–Crippen LogP) is 1.42. The first-order valence-electron chi connectivity index (χ1n) is 4.82. The van der Waals surface area contributed by atoms with E-state index in [2.05, 4.69) is 0 Å². The van der Waals surface area contributed by atoms with Gasteiger partial charge in [-0.2, -0.15) is 0 Å². The highest BCUT2D eigenvalue weighted by atomic mass is 16.5. The maximum absolute atomic E-state index is 10.8. The molecule has 0 unspecified atom stereocenters. The number of hydrogen-bond acceptors (Lipinski definition) is 3. The van der Waals surface area contributed by atoms with Crippen molar-refractivity contribution >= 4 is 5.97 Å². The highest BCUT2D eigenvalue weighted by Gasteiger charge is 2.10. The van der Waals surface area contributed by atoms with Crippen molar-refractivity contribution in [2.75, 3.05) is 13.2 Å². The molecular weight excluding hydrogens is 194 g/mol. The average molecular weight is 209 g/mol. The lowest BCUT2D eigenvalue weighted by atomic mass is 10.1. The van der Waals surface area contributed by atoms with Crippen molar-refractivity contribution in [3.63, 3.8) is 0 Å². The summed E-state index contributed by atoms with van der Waals surface area (Å²) in [4.78, 5) is 10.8. The summed E-state index contributed by atoms with van der Waals surface area (Å²) in [6.07, 6.45) is 0.761. The van der Waals surface area contributed by atoms with E-state index in [9.17, 15) is 4.79 Å². The molecule has 0 atom stereocenters. The van der Waals surface area contributed by atoms with Gasteiger partial charge in [0.2, 0.25) is 0 Å². The SMILES string of the molecule is Cc1c(OCCCN)cccc1C(=O)O. The normalized spacial score (nSPS) is 10.0. The highest BCUT2D eigenvalue weighted by molar-refractivity contribution is 5.90. The maximum Gasteiger partial charge on any atom is 0.336 e. The zero-order valence-electron chi connectivity index (χ0n) is 8.69. The van der Waals surface area contributed by atoms with Gasteiger partial charge in [0, 0.05) is 5.56 Å². The maximum atomic E-state index is 10.8. The Morgan fingerprint density at radius 1 is 1.53 bits per heavy atom. The number of nitrogens with two attached hydrogens (primary N) is 1. The van der Waals surface area contributed by atoms with Gasteiger partial charge in [0.1, 0.15) is 5.75 Å². The lowest BCUT2D eigenvalue weighted by Gasteiger charge is -2.10. The molecule has 0 bridgehead atoms. The molecule has 0 radical (unpaired) electrons. The first-order chi connectivity index (χ1) is 7.16. The van der Waals surface area contributed by atoms with Crippen molar-refractivity contribution in [2.45, 2.75) is 13.3 Å². The lowest BCUT2D eigenvalue weighted by molar-refractivity contribution is 0.0695. The molecule has 4 nitrogen and oxygen atoms in total. The number of carboxylic acid groups (broad SMARTS) is 1. The standard InChI is InChI=1S/C11H15NO3/c1-8-9(11(13)14)4-2-5-10(8)15-7-3-6-12/h2,4-5H,3,6-7,12H2,1H3,(H,13,14). The summed E-state index contributed by atoms with van der Waals surface area (Å²) >= 11 is 0. The van der Waals surface area contributed by atoms with Crippen LogP contribution >= 0.6 is 0 Å². The fourth-order valence-electron chi connectivity index (χ4n) is 1.27.